The van der Waals surface area contributed by atoms with Crippen LogP contribution in [0.3, 0.4) is 0 Å². The molecule has 0 spiro atoms. The summed E-state index contributed by atoms with van der Waals surface area (Å²) in [7, 11) is 0. The van der Waals surface area contributed by atoms with Gasteiger partial charge in [0.1, 0.15) is 0 Å². The van der Waals surface area contributed by atoms with Crippen LogP contribution in [0.2, 0.25) is 0 Å². The Morgan fingerprint density at radius 1 is 1.73 bits per heavy atom. The molecule has 2 aliphatic rings. The standard InChI is InChI=1S/C8H10N2O/c1-6-5-9-8-7(6)3-2-4-10(8)11/h2-4,6,11H,5H2,1H3. The van der Waals surface area contributed by atoms with E-state index in [2.05, 4.69) is 11.9 Å². The SMILES string of the molecule is CC1CN=C2C1=CC=CN2O. The number of aliphatic imine (C=N–C) groups is 1. The van der Waals surface area contributed by atoms with E-state index < -0.39 is 0 Å². The molecule has 3 heteroatoms. The van der Waals surface area contributed by atoms with E-state index in [9.17, 15) is 5.21 Å². The molecule has 2 rings (SSSR count). The largest absolute Gasteiger partial charge is 0.283 e. The highest BCUT2D eigenvalue weighted by molar-refractivity contribution is 6.01. The zero-order valence-corrected chi connectivity index (χ0v) is 6.36. The highest BCUT2D eigenvalue weighted by Crippen LogP contribution is 2.23. The fourth-order valence-corrected chi connectivity index (χ4v) is 1.38. The Morgan fingerprint density at radius 2 is 2.55 bits per heavy atom. The molecule has 11 heavy (non-hydrogen) atoms. The van der Waals surface area contributed by atoms with Crippen LogP contribution in [0, 0.1) is 5.92 Å². The van der Waals surface area contributed by atoms with Gasteiger partial charge in [0.05, 0.1) is 0 Å². The van der Waals surface area contributed by atoms with Gasteiger partial charge in [0.15, 0.2) is 5.84 Å². The first-order valence-electron chi connectivity index (χ1n) is 3.70. The second-order valence-electron chi connectivity index (χ2n) is 2.87. The van der Waals surface area contributed by atoms with E-state index in [0.717, 1.165) is 17.2 Å². The normalized spacial score (nSPS) is 28.2. The quantitative estimate of drug-likeness (QED) is 0.562. The monoisotopic (exact) mass is 150 g/mol. The second-order valence-corrected chi connectivity index (χ2v) is 2.87. The zero-order chi connectivity index (χ0) is 7.84. The Hall–Kier alpha value is -1.09. The van der Waals surface area contributed by atoms with Gasteiger partial charge in [-0.1, -0.05) is 13.0 Å². The Morgan fingerprint density at radius 3 is 3.27 bits per heavy atom. The Labute approximate surface area is 65.3 Å². The van der Waals surface area contributed by atoms with Crippen LogP contribution in [0.25, 0.3) is 0 Å². The predicted octanol–water partition coefficient (Wildman–Crippen LogP) is 1.18. The number of amidine groups is 1. The number of nitrogens with zero attached hydrogens (tertiary/aromatic N) is 2. The van der Waals surface area contributed by atoms with Crippen molar-refractivity contribution in [3.63, 3.8) is 0 Å². The fraction of sp³-hybridized carbons (Fsp3) is 0.375. The van der Waals surface area contributed by atoms with Gasteiger partial charge in [-0.25, -0.2) is 5.06 Å². The Balaban J connectivity index is 2.38. The van der Waals surface area contributed by atoms with E-state index in [1.54, 1.807) is 6.20 Å². The number of hydrogen-bond acceptors (Lipinski definition) is 3. The second kappa shape index (κ2) is 2.20. The first-order valence-corrected chi connectivity index (χ1v) is 3.70. The number of hydrogen-bond donors (Lipinski definition) is 1. The summed E-state index contributed by atoms with van der Waals surface area (Å²) in [5, 5.41) is 10.4. The first kappa shape index (κ1) is 6.61. The van der Waals surface area contributed by atoms with Gasteiger partial charge in [-0.2, -0.15) is 0 Å². The van der Waals surface area contributed by atoms with Crippen LogP contribution in [0.15, 0.2) is 28.9 Å². The maximum atomic E-state index is 9.27. The summed E-state index contributed by atoms with van der Waals surface area (Å²) in [5.74, 6) is 1.16. The summed E-state index contributed by atoms with van der Waals surface area (Å²) in [5.41, 5.74) is 1.13. The van der Waals surface area contributed by atoms with Crippen LogP contribution in [-0.4, -0.2) is 22.7 Å². The molecule has 1 atom stereocenters. The third-order valence-electron chi connectivity index (χ3n) is 2.02. The first-order chi connectivity index (χ1) is 5.29. The predicted molar refractivity (Wildman–Crippen MR) is 42.3 cm³/mol. The van der Waals surface area contributed by atoms with Gasteiger partial charge < -0.3 is 0 Å². The molecule has 1 N–H and O–H groups in total. The molecular formula is C8H10N2O. The molecule has 1 unspecified atom stereocenters. The lowest BCUT2D eigenvalue weighted by Crippen LogP contribution is -2.24. The van der Waals surface area contributed by atoms with Crippen molar-refractivity contribution < 1.29 is 5.21 Å². The molecule has 2 heterocycles. The maximum absolute atomic E-state index is 9.27. The van der Waals surface area contributed by atoms with Gasteiger partial charge in [0, 0.05) is 24.2 Å². The van der Waals surface area contributed by atoms with E-state index in [1.807, 2.05) is 12.2 Å². The van der Waals surface area contributed by atoms with Gasteiger partial charge in [-0.3, -0.25) is 10.2 Å². The van der Waals surface area contributed by atoms with Crippen LogP contribution in [0.4, 0.5) is 0 Å². The van der Waals surface area contributed by atoms with Crippen molar-refractivity contribution in [1.29, 1.82) is 0 Å². The molecule has 0 aliphatic carbocycles. The molecule has 0 aromatic heterocycles. The van der Waals surface area contributed by atoms with E-state index in [-0.39, 0.29) is 0 Å². The van der Waals surface area contributed by atoms with E-state index in [0.29, 0.717) is 11.8 Å². The molecule has 2 aliphatic heterocycles. The van der Waals surface area contributed by atoms with Gasteiger partial charge in [-0.15, -0.1) is 0 Å². The smallest absolute Gasteiger partial charge is 0.156 e. The van der Waals surface area contributed by atoms with Crippen LogP contribution < -0.4 is 0 Å². The number of allylic oxidation sites excluding steroid dienone is 2. The fourth-order valence-electron chi connectivity index (χ4n) is 1.38. The van der Waals surface area contributed by atoms with Crippen molar-refractivity contribution in [1.82, 2.24) is 5.06 Å². The maximum Gasteiger partial charge on any atom is 0.156 e. The summed E-state index contributed by atoms with van der Waals surface area (Å²) in [6, 6.07) is 0. The number of rotatable bonds is 0. The molecule has 58 valence electrons. The molecule has 3 nitrogen and oxygen atoms in total. The molecule has 0 aromatic carbocycles. The topological polar surface area (TPSA) is 35.8 Å². The summed E-state index contributed by atoms with van der Waals surface area (Å²) in [6.45, 7) is 2.90. The van der Waals surface area contributed by atoms with Gasteiger partial charge in [0.25, 0.3) is 0 Å². The van der Waals surface area contributed by atoms with Crippen molar-refractivity contribution in [3.8, 4) is 0 Å². The van der Waals surface area contributed by atoms with Gasteiger partial charge in [-0.05, 0) is 6.08 Å². The van der Waals surface area contributed by atoms with E-state index >= 15 is 0 Å². The van der Waals surface area contributed by atoms with Crippen molar-refractivity contribution in [2.24, 2.45) is 10.9 Å². The Kier molecular flexibility index (Phi) is 1.32. The average molecular weight is 150 g/mol. The third-order valence-corrected chi connectivity index (χ3v) is 2.02. The molecule has 0 fully saturated rings. The highest BCUT2D eigenvalue weighted by atomic mass is 16.5. The van der Waals surface area contributed by atoms with E-state index in [1.165, 1.54) is 0 Å². The Bertz CT molecular complexity index is 265. The van der Waals surface area contributed by atoms with E-state index in [4.69, 9.17) is 0 Å². The lowest BCUT2D eigenvalue weighted by atomic mass is 10.0. The molecule has 0 saturated carbocycles. The molecule has 0 bridgehead atoms. The third kappa shape index (κ3) is 0.886. The van der Waals surface area contributed by atoms with Gasteiger partial charge in [0.2, 0.25) is 0 Å². The molecular weight excluding hydrogens is 140 g/mol. The van der Waals surface area contributed by atoms with Crippen molar-refractivity contribution in [2.75, 3.05) is 6.54 Å². The minimum absolute atomic E-state index is 0.449. The summed E-state index contributed by atoms with van der Waals surface area (Å²) in [4.78, 5) is 4.19. The molecule has 0 radical (unpaired) electrons. The zero-order valence-electron chi connectivity index (χ0n) is 6.36. The molecule has 0 saturated heterocycles. The van der Waals surface area contributed by atoms with Gasteiger partial charge >= 0.3 is 0 Å². The van der Waals surface area contributed by atoms with Crippen molar-refractivity contribution in [2.45, 2.75) is 6.92 Å². The minimum atomic E-state index is 0.449. The van der Waals surface area contributed by atoms with Crippen molar-refractivity contribution in [3.05, 3.63) is 23.9 Å². The molecule has 0 aromatic rings. The summed E-state index contributed by atoms with van der Waals surface area (Å²) >= 11 is 0. The lowest BCUT2D eigenvalue weighted by Gasteiger charge is -2.17. The van der Waals surface area contributed by atoms with Crippen molar-refractivity contribution >= 4 is 5.84 Å². The lowest BCUT2D eigenvalue weighted by molar-refractivity contribution is 0.0376. The highest BCUT2D eigenvalue weighted by Gasteiger charge is 2.25. The molecule has 0 amide bonds. The van der Waals surface area contributed by atoms with Crippen LogP contribution >= 0.6 is 0 Å². The van der Waals surface area contributed by atoms with Crippen LogP contribution in [0.1, 0.15) is 6.92 Å². The summed E-state index contributed by atoms with van der Waals surface area (Å²) in [6.07, 6.45) is 5.43. The minimum Gasteiger partial charge on any atom is -0.283 e. The number of hydroxylamine groups is 2. The number of fused-ring (bicyclic) bond motifs is 1. The average Bonchev–Trinajstić information content (AvgIpc) is 2.35. The summed E-state index contributed by atoms with van der Waals surface area (Å²) < 4.78 is 0. The van der Waals surface area contributed by atoms with Crippen LogP contribution in [-0.2, 0) is 0 Å². The van der Waals surface area contributed by atoms with Crippen LogP contribution in [0.5, 0.6) is 0 Å².